The molecule has 1 heterocycles. The van der Waals surface area contributed by atoms with Gasteiger partial charge in [0.2, 0.25) is 0 Å². The fourth-order valence-corrected chi connectivity index (χ4v) is 2.57. The molecule has 0 aliphatic carbocycles. The van der Waals surface area contributed by atoms with Gasteiger partial charge in [0, 0.05) is 11.4 Å². The van der Waals surface area contributed by atoms with E-state index in [1.807, 2.05) is 0 Å². The fourth-order valence-electron chi connectivity index (χ4n) is 2.57. The Labute approximate surface area is 100 Å². The molecule has 0 saturated carbocycles. The quantitative estimate of drug-likeness (QED) is 0.734. The first-order chi connectivity index (χ1) is 7.37. The van der Waals surface area contributed by atoms with Gasteiger partial charge in [-0.15, -0.1) is 0 Å². The molecule has 16 heavy (non-hydrogen) atoms. The van der Waals surface area contributed by atoms with E-state index in [-0.39, 0.29) is 0 Å². The Hall–Kier alpha value is -0.850. The molecule has 90 valence electrons. The number of aryl methyl sites for hydroxylation is 2. The largest absolute Gasteiger partial charge is 0.258 e. The van der Waals surface area contributed by atoms with Gasteiger partial charge < -0.3 is 0 Å². The zero-order chi connectivity index (χ0) is 12.5. The number of nitrogens with zero attached hydrogens (tertiary/aromatic N) is 1. The van der Waals surface area contributed by atoms with Gasteiger partial charge in [-0.25, -0.2) is 0 Å². The van der Waals surface area contributed by atoms with Crippen molar-refractivity contribution in [2.75, 3.05) is 0 Å². The van der Waals surface area contributed by atoms with Crippen molar-refractivity contribution >= 4 is 0 Å². The van der Waals surface area contributed by atoms with Gasteiger partial charge in [0.05, 0.1) is 0 Å². The zero-order valence-electron chi connectivity index (χ0n) is 11.9. The Morgan fingerprint density at radius 3 is 1.56 bits per heavy atom. The Balaban J connectivity index is 3.54. The van der Waals surface area contributed by atoms with Crippen molar-refractivity contribution in [2.45, 2.75) is 66.7 Å². The maximum absolute atomic E-state index is 4.62. The highest BCUT2D eigenvalue weighted by atomic mass is 14.7. The van der Waals surface area contributed by atoms with Gasteiger partial charge in [-0.3, -0.25) is 4.98 Å². The highest BCUT2D eigenvalue weighted by Crippen LogP contribution is 2.36. The van der Waals surface area contributed by atoms with E-state index in [9.17, 15) is 0 Å². The SMILES string of the molecule is CCC(C)(CC)c1c(C)c(C)nc(C)c1C. The first-order valence-corrected chi connectivity index (χ1v) is 6.32. The number of hydrogen-bond acceptors (Lipinski definition) is 1. The van der Waals surface area contributed by atoms with Crippen LogP contribution in [-0.2, 0) is 5.41 Å². The average molecular weight is 219 g/mol. The summed E-state index contributed by atoms with van der Waals surface area (Å²) in [6, 6.07) is 0. The summed E-state index contributed by atoms with van der Waals surface area (Å²) in [5.74, 6) is 0. The number of rotatable bonds is 3. The molecule has 0 saturated heterocycles. The van der Waals surface area contributed by atoms with Gasteiger partial charge >= 0.3 is 0 Å². The Bertz CT molecular complexity index is 361. The minimum absolute atomic E-state index is 0.298. The van der Waals surface area contributed by atoms with Crippen LogP contribution in [0.3, 0.4) is 0 Å². The minimum atomic E-state index is 0.298. The predicted octanol–water partition coefficient (Wildman–Crippen LogP) is 4.39. The third-order valence-electron chi connectivity index (χ3n) is 4.34. The van der Waals surface area contributed by atoms with Crippen LogP contribution >= 0.6 is 0 Å². The number of pyridine rings is 1. The average Bonchev–Trinajstić information content (AvgIpc) is 2.26. The van der Waals surface area contributed by atoms with Gasteiger partial charge in [0.1, 0.15) is 0 Å². The van der Waals surface area contributed by atoms with E-state index in [0.717, 1.165) is 0 Å². The summed E-state index contributed by atoms with van der Waals surface area (Å²) >= 11 is 0. The summed E-state index contributed by atoms with van der Waals surface area (Å²) in [5, 5.41) is 0. The standard InChI is InChI=1S/C15H25N/c1-8-15(7,9-2)14-10(3)12(5)16-13(6)11(14)4/h8-9H2,1-7H3. The second kappa shape index (κ2) is 4.57. The van der Waals surface area contributed by atoms with Crippen LogP contribution in [-0.4, -0.2) is 4.98 Å². The lowest BCUT2D eigenvalue weighted by molar-refractivity contribution is 0.432. The minimum Gasteiger partial charge on any atom is -0.258 e. The van der Waals surface area contributed by atoms with Crippen molar-refractivity contribution in [1.29, 1.82) is 0 Å². The van der Waals surface area contributed by atoms with Crippen LogP contribution < -0.4 is 0 Å². The molecule has 0 radical (unpaired) electrons. The van der Waals surface area contributed by atoms with Crippen molar-refractivity contribution in [2.24, 2.45) is 0 Å². The highest BCUT2D eigenvalue weighted by Gasteiger charge is 2.27. The molecule has 1 aromatic rings. The zero-order valence-corrected chi connectivity index (χ0v) is 11.9. The summed E-state index contributed by atoms with van der Waals surface area (Å²) in [7, 11) is 0. The lowest BCUT2D eigenvalue weighted by atomic mass is 9.73. The van der Waals surface area contributed by atoms with Crippen LogP contribution in [0.1, 0.15) is 61.7 Å². The molecule has 0 aromatic carbocycles. The molecule has 0 fully saturated rings. The fraction of sp³-hybridized carbons (Fsp3) is 0.667. The summed E-state index contributed by atoms with van der Waals surface area (Å²) in [6.07, 6.45) is 2.38. The first-order valence-electron chi connectivity index (χ1n) is 6.32. The molecule has 0 bridgehead atoms. The van der Waals surface area contributed by atoms with E-state index in [2.05, 4.69) is 53.5 Å². The molecule has 0 aliphatic heterocycles. The number of hydrogen-bond donors (Lipinski definition) is 0. The van der Waals surface area contributed by atoms with Crippen LogP contribution in [0.2, 0.25) is 0 Å². The topological polar surface area (TPSA) is 12.9 Å². The van der Waals surface area contributed by atoms with Crippen molar-refractivity contribution in [3.05, 3.63) is 28.1 Å². The first kappa shape index (κ1) is 13.2. The van der Waals surface area contributed by atoms with E-state index in [1.54, 1.807) is 0 Å². The smallest absolute Gasteiger partial charge is 0.0408 e. The summed E-state index contributed by atoms with van der Waals surface area (Å²) in [4.78, 5) is 4.62. The van der Waals surface area contributed by atoms with Crippen LogP contribution in [0.25, 0.3) is 0 Å². The van der Waals surface area contributed by atoms with Crippen molar-refractivity contribution < 1.29 is 0 Å². The molecular formula is C15H25N. The summed E-state index contributed by atoms with van der Waals surface area (Å²) < 4.78 is 0. The number of aromatic nitrogens is 1. The van der Waals surface area contributed by atoms with Crippen molar-refractivity contribution in [3.8, 4) is 0 Å². The second-order valence-corrected chi connectivity index (χ2v) is 5.18. The second-order valence-electron chi connectivity index (χ2n) is 5.18. The molecular weight excluding hydrogens is 194 g/mol. The summed E-state index contributed by atoms with van der Waals surface area (Å²) in [5.41, 5.74) is 6.97. The maximum atomic E-state index is 4.62. The molecule has 1 heteroatoms. The van der Waals surface area contributed by atoms with Gasteiger partial charge in [0.25, 0.3) is 0 Å². The van der Waals surface area contributed by atoms with E-state index < -0.39 is 0 Å². The summed E-state index contributed by atoms with van der Waals surface area (Å²) in [6.45, 7) is 15.6. The van der Waals surface area contributed by atoms with Crippen molar-refractivity contribution in [3.63, 3.8) is 0 Å². The van der Waals surface area contributed by atoms with Crippen LogP contribution in [0.4, 0.5) is 0 Å². The normalized spacial score (nSPS) is 11.9. The van der Waals surface area contributed by atoms with E-state index in [1.165, 1.54) is 40.9 Å². The van der Waals surface area contributed by atoms with Crippen molar-refractivity contribution in [1.82, 2.24) is 4.98 Å². The van der Waals surface area contributed by atoms with Gasteiger partial charge in [-0.05, 0) is 62.6 Å². The monoisotopic (exact) mass is 219 g/mol. The van der Waals surface area contributed by atoms with E-state index in [4.69, 9.17) is 0 Å². The maximum Gasteiger partial charge on any atom is 0.0408 e. The highest BCUT2D eigenvalue weighted by molar-refractivity contribution is 5.43. The molecule has 0 unspecified atom stereocenters. The molecule has 1 rings (SSSR count). The molecule has 0 atom stereocenters. The third-order valence-corrected chi connectivity index (χ3v) is 4.34. The Morgan fingerprint density at radius 1 is 0.875 bits per heavy atom. The van der Waals surface area contributed by atoms with Gasteiger partial charge in [-0.2, -0.15) is 0 Å². The van der Waals surface area contributed by atoms with Crippen LogP contribution in [0.15, 0.2) is 0 Å². The third kappa shape index (κ3) is 2.00. The predicted molar refractivity (Wildman–Crippen MR) is 71.1 cm³/mol. The lowest BCUT2D eigenvalue weighted by Gasteiger charge is -2.32. The lowest BCUT2D eigenvalue weighted by Crippen LogP contribution is -2.24. The van der Waals surface area contributed by atoms with Gasteiger partial charge in [-0.1, -0.05) is 20.8 Å². The van der Waals surface area contributed by atoms with Crippen LogP contribution in [0, 0.1) is 27.7 Å². The van der Waals surface area contributed by atoms with Crippen LogP contribution in [0.5, 0.6) is 0 Å². The molecule has 0 N–H and O–H groups in total. The Morgan fingerprint density at radius 2 is 1.25 bits per heavy atom. The van der Waals surface area contributed by atoms with E-state index >= 15 is 0 Å². The molecule has 1 nitrogen and oxygen atoms in total. The molecule has 0 amide bonds. The molecule has 0 aliphatic rings. The molecule has 1 aromatic heterocycles. The van der Waals surface area contributed by atoms with Gasteiger partial charge in [0.15, 0.2) is 0 Å². The Kier molecular flexibility index (Phi) is 3.77. The van der Waals surface area contributed by atoms with E-state index in [0.29, 0.717) is 5.41 Å². The molecule has 0 spiro atoms.